The highest BCUT2D eigenvalue weighted by Crippen LogP contribution is 2.19. The first-order valence-corrected chi connectivity index (χ1v) is 6.42. The van der Waals surface area contributed by atoms with Gasteiger partial charge in [0.25, 0.3) is 0 Å². The van der Waals surface area contributed by atoms with Gasteiger partial charge in [0.1, 0.15) is 5.69 Å². The Morgan fingerprint density at radius 3 is 2.71 bits per heavy atom. The van der Waals surface area contributed by atoms with Crippen LogP contribution in [0.4, 0.5) is 0 Å². The van der Waals surface area contributed by atoms with Crippen LogP contribution in [0, 0.1) is 17.2 Å². The number of para-hydroxylation sites is 1. The lowest BCUT2D eigenvalue weighted by atomic mass is 10.0. The zero-order chi connectivity index (χ0) is 15.4. The molecular formula is C14H11ClN4O2. The van der Waals surface area contributed by atoms with Crippen molar-refractivity contribution in [2.75, 3.05) is 7.05 Å². The molecule has 0 unspecified atom stereocenters. The van der Waals surface area contributed by atoms with E-state index in [0.717, 1.165) is 0 Å². The minimum absolute atomic E-state index is 0.0325. The number of ketones is 1. The van der Waals surface area contributed by atoms with Gasteiger partial charge >= 0.3 is 0 Å². The molecule has 0 aliphatic heterocycles. The number of halogens is 1. The van der Waals surface area contributed by atoms with Crippen LogP contribution in [-0.2, 0) is 4.79 Å². The van der Waals surface area contributed by atoms with E-state index in [-0.39, 0.29) is 5.69 Å². The minimum atomic E-state index is -1.41. The Morgan fingerprint density at radius 1 is 1.38 bits per heavy atom. The molecule has 2 aromatic rings. The van der Waals surface area contributed by atoms with E-state index in [2.05, 4.69) is 10.4 Å². The molecule has 0 radical (unpaired) electrons. The molecule has 0 aliphatic rings. The molecule has 1 heterocycles. The molecule has 1 atom stereocenters. The van der Waals surface area contributed by atoms with Gasteiger partial charge in [0, 0.05) is 13.2 Å². The van der Waals surface area contributed by atoms with Gasteiger partial charge in [-0.25, -0.2) is 4.68 Å². The van der Waals surface area contributed by atoms with Crippen LogP contribution in [0.2, 0.25) is 5.02 Å². The van der Waals surface area contributed by atoms with Crippen molar-refractivity contribution >= 4 is 23.3 Å². The topological polar surface area (TPSA) is 87.8 Å². The fourth-order valence-electron chi connectivity index (χ4n) is 1.76. The average molecular weight is 303 g/mol. The van der Waals surface area contributed by atoms with Gasteiger partial charge in [-0.1, -0.05) is 23.7 Å². The quantitative estimate of drug-likeness (QED) is 0.686. The standard InChI is InChI=1S/C14H11ClN4O2/c1-17-14(21)9(8-16)13(20)11-6-7-19(18-11)12-5-3-2-4-10(12)15/h2-7,9H,1H3,(H,17,21)/t9-/m0/s1. The SMILES string of the molecule is CNC(=O)[C@@H](C#N)C(=O)c1ccn(-c2ccccc2Cl)n1. The number of amides is 1. The second kappa shape index (κ2) is 6.20. The Morgan fingerprint density at radius 2 is 2.10 bits per heavy atom. The maximum atomic E-state index is 12.1. The number of benzene rings is 1. The molecule has 0 fully saturated rings. The van der Waals surface area contributed by atoms with E-state index in [0.29, 0.717) is 10.7 Å². The second-order valence-electron chi connectivity index (χ2n) is 4.14. The van der Waals surface area contributed by atoms with E-state index in [4.69, 9.17) is 16.9 Å². The van der Waals surface area contributed by atoms with Crippen LogP contribution in [0.25, 0.3) is 5.69 Å². The third-order valence-electron chi connectivity index (χ3n) is 2.84. The molecule has 6 nitrogen and oxygen atoms in total. The molecule has 1 aromatic heterocycles. The number of carbonyl (C=O) groups excluding carboxylic acids is 2. The molecule has 0 spiro atoms. The Kier molecular flexibility index (Phi) is 4.36. The maximum absolute atomic E-state index is 12.1. The van der Waals surface area contributed by atoms with E-state index in [9.17, 15) is 9.59 Å². The van der Waals surface area contributed by atoms with E-state index >= 15 is 0 Å². The number of nitrogens with one attached hydrogen (secondary N) is 1. The van der Waals surface area contributed by atoms with Gasteiger partial charge in [-0.15, -0.1) is 0 Å². The Balaban J connectivity index is 2.32. The van der Waals surface area contributed by atoms with E-state index in [1.54, 1.807) is 36.5 Å². The number of Topliss-reactive ketones (excluding diaryl/α,β-unsaturated/α-hetero) is 1. The summed E-state index contributed by atoms with van der Waals surface area (Å²) in [4.78, 5) is 23.6. The Labute approximate surface area is 125 Å². The van der Waals surface area contributed by atoms with Gasteiger partial charge in [0.05, 0.1) is 16.8 Å². The number of rotatable bonds is 4. The highest BCUT2D eigenvalue weighted by molar-refractivity contribution is 6.32. The van der Waals surface area contributed by atoms with Crippen LogP contribution in [0.15, 0.2) is 36.5 Å². The first-order chi connectivity index (χ1) is 10.1. The summed E-state index contributed by atoms with van der Waals surface area (Å²) in [5, 5.41) is 15.8. The summed E-state index contributed by atoms with van der Waals surface area (Å²) in [6, 6.07) is 10.1. The smallest absolute Gasteiger partial charge is 0.245 e. The van der Waals surface area contributed by atoms with Crippen molar-refractivity contribution in [3.63, 3.8) is 0 Å². The first-order valence-electron chi connectivity index (χ1n) is 6.04. The lowest BCUT2D eigenvalue weighted by molar-refractivity contribution is -0.121. The summed E-state index contributed by atoms with van der Waals surface area (Å²) < 4.78 is 1.42. The molecule has 0 bridgehead atoms. The highest BCUT2D eigenvalue weighted by atomic mass is 35.5. The highest BCUT2D eigenvalue weighted by Gasteiger charge is 2.28. The second-order valence-corrected chi connectivity index (χ2v) is 4.54. The van der Waals surface area contributed by atoms with Crippen LogP contribution in [0.5, 0.6) is 0 Å². The number of nitrogens with zero attached hydrogens (tertiary/aromatic N) is 3. The molecule has 2 rings (SSSR count). The van der Waals surface area contributed by atoms with Gasteiger partial charge in [-0.05, 0) is 18.2 Å². The molecule has 1 amide bonds. The van der Waals surface area contributed by atoms with Crippen LogP contribution in [0.1, 0.15) is 10.5 Å². The summed E-state index contributed by atoms with van der Waals surface area (Å²) >= 11 is 6.05. The van der Waals surface area contributed by atoms with Crippen molar-refractivity contribution in [1.29, 1.82) is 5.26 Å². The van der Waals surface area contributed by atoms with Crippen LogP contribution >= 0.6 is 11.6 Å². The predicted octanol–water partition coefficient (Wildman–Crippen LogP) is 1.59. The van der Waals surface area contributed by atoms with Gasteiger partial charge < -0.3 is 5.32 Å². The van der Waals surface area contributed by atoms with Gasteiger partial charge in [0.2, 0.25) is 11.7 Å². The molecular weight excluding hydrogens is 292 g/mol. The largest absolute Gasteiger partial charge is 0.358 e. The minimum Gasteiger partial charge on any atom is -0.358 e. The third kappa shape index (κ3) is 2.93. The fraction of sp³-hybridized carbons (Fsp3) is 0.143. The van der Waals surface area contributed by atoms with Crippen molar-refractivity contribution < 1.29 is 9.59 Å². The van der Waals surface area contributed by atoms with E-state index in [1.165, 1.54) is 17.8 Å². The molecule has 106 valence electrons. The maximum Gasteiger partial charge on any atom is 0.245 e. The molecule has 0 saturated carbocycles. The number of aromatic nitrogens is 2. The molecule has 7 heteroatoms. The van der Waals surface area contributed by atoms with Crippen LogP contribution < -0.4 is 5.32 Å². The summed E-state index contributed by atoms with van der Waals surface area (Å²) in [6.45, 7) is 0. The predicted molar refractivity (Wildman–Crippen MR) is 76.1 cm³/mol. The number of nitriles is 1. The van der Waals surface area contributed by atoms with Crippen molar-refractivity contribution in [1.82, 2.24) is 15.1 Å². The Hall–Kier alpha value is -2.65. The first kappa shape index (κ1) is 14.8. The molecule has 0 saturated heterocycles. The van der Waals surface area contributed by atoms with Gasteiger partial charge in [-0.3, -0.25) is 9.59 Å². The molecule has 0 aliphatic carbocycles. The van der Waals surface area contributed by atoms with Crippen molar-refractivity contribution in [2.45, 2.75) is 0 Å². The average Bonchev–Trinajstić information content (AvgIpc) is 2.97. The fourth-order valence-corrected chi connectivity index (χ4v) is 1.98. The number of carbonyl (C=O) groups is 2. The summed E-state index contributed by atoms with van der Waals surface area (Å²) in [7, 11) is 1.36. The lowest BCUT2D eigenvalue weighted by Crippen LogP contribution is -2.32. The third-order valence-corrected chi connectivity index (χ3v) is 3.16. The van der Waals surface area contributed by atoms with Crippen molar-refractivity contribution in [3.05, 3.63) is 47.2 Å². The molecule has 1 N–H and O–H groups in total. The molecule has 21 heavy (non-hydrogen) atoms. The summed E-state index contributed by atoms with van der Waals surface area (Å²) in [5.41, 5.74) is 0.636. The zero-order valence-corrected chi connectivity index (χ0v) is 11.8. The van der Waals surface area contributed by atoms with Crippen LogP contribution in [-0.4, -0.2) is 28.5 Å². The van der Waals surface area contributed by atoms with Crippen molar-refractivity contribution in [3.8, 4) is 11.8 Å². The summed E-state index contributed by atoms with van der Waals surface area (Å²) in [5.74, 6) is -2.72. The number of hydrogen-bond donors (Lipinski definition) is 1. The normalized spacial score (nSPS) is 11.5. The summed E-state index contributed by atoms with van der Waals surface area (Å²) in [6.07, 6.45) is 1.55. The number of hydrogen-bond acceptors (Lipinski definition) is 4. The van der Waals surface area contributed by atoms with E-state index < -0.39 is 17.6 Å². The monoisotopic (exact) mass is 302 g/mol. The van der Waals surface area contributed by atoms with Crippen LogP contribution in [0.3, 0.4) is 0 Å². The van der Waals surface area contributed by atoms with Gasteiger partial charge in [-0.2, -0.15) is 10.4 Å². The van der Waals surface area contributed by atoms with E-state index in [1.807, 2.05) is 0 Å². The molecule has 1 aromatic carbocycles. The zero-order valence-electron chi connectivity index (χ0n) is 11.1. The van der Waals surface area contributed by atoms with Crippen molar-refractivity contribution in [2.24, 2.45) is 5.92 Å². The van der Waals surface area contributed by atoms with Gasteiger partial charge in [0.15, 0.2) is 5.92 Å². The Bertz CT molecular complexity index is 733. The lowest BCUT2D eigenvalue weighted by Gasteiger charge is -2.05.